The standard InChI is InChI=1S/C19H20N4O5/c24-18(14-28-17-9-5-4-8-16(17)23(26)27)21-10-12-22(13-11-21)19(25)20-15-6-2-1-3-7-15/h1-9H,10-14H2,(H,20,25). The lowest BCUT2D eigenvalue weighted by molar-refractivity contribution is -0.385. The minimum Gasteiger partial charge on any atom is -0.477 e. The first-order valence-electron chi connectivity index (χ1n) is 8.79. The van der Waals surface area contributed by atoms with Gasteiger partial charge in [0.15, 0.2) is 12.4 Å². The zero-order chi connectivity index (χ0) is 19.9. The molecule has 1 aliphatic rings. The van der Waals surface area contributed by atoms with Crippen LogP contribution < -0.4 is 10.1 Å². The van der Waals surface area contributed by atoms with Crippen LogP contribution in [0.15, 0.2) is 54.6 Å². The molecule has 9 heteroatoms. The number of urea groups is 1. The van der Waals surface area contributed by atoms with Crippen LogP contribution in [-0.2, 0) is 4.79 Å². The molecule has 3 rings (SSSR count). The highest BCUT2D eigenvalue weighted by atomic mass is 16.6. The topological polar surface area (TPSA) is 105 Å². The highest BCUT2D eigenvalue weighted by Crippen LogP contribution is 2.25. The summed E-state index contributed by atoms with van der Waals surface area (Å²) in [6.07, 6.45) is 0. The molecule has 0 radical (unpaired) electrons. The highest BCUT2D eigenvalue weighted by molar-refractivity contribution is 5.89. The number of amides is 3. The lowest BCUT2D eigenvalue weighted by atomic mass is 10.3. The quantitative estimate of drug-likeness (QED) is 0.629. The first-order chi connectivity index (χ1) is 13.5. The number of nitro benzene ring substituents is 1. The Kier molecular flexibility index (Phi) is 6.05. The molecular formula is C19H20N4O5. The summed E-state index contributed by atoms with van der Waals surface area (Å²) < 4.78 is 5.34. The van der Waals surface area contributed by atoms with Crippen LogP contribution in [0, 0.1) is 10.1 Å². The number of benzene rings is 2. The number of nitro groups is 1. The van der Waals surface area contributed by atoms with Crippen molar-refractivity contribution in [2.24, 2.45) is 0 Å². The molecule has 28 heavy (non-hydrogen) atoms. The van der Waals surface area contributed by atoms with Crippen molar-refractivity contribution >= 4 is 23.3 Å². The molecule has 1 N–H and O–H groups in total. The van der Waals surface area contributed by atoms with Crippen LogP contribution in [0.4, 0.5) is 16.2 Å². The van der Waals surface area contributed by atoms with Gasteiger partial charge in [-0.25, -0.2) is 4.79 Å². The minimum absolute atomic E-state index is 0.0572. The second-order valence-electron chi connectivity index (χ2n) is 6.18. The maximum atomic E-state index is 12.3. The van der Waals surface area contributed by atoms with Gasteiger partial charge in [-0.2, -0.15) is 0 Å². The molecule has 9 nitrogen and oxygen atoms in total. The fraction of sp³-hybridized carbons (Fsp3) is 0.263. The largest absolute Gasteiger partial charge is 0.477 e. The molecule has 0 unspecified atom stereocenters. The number of ether oxygens (including phenoxy) is 1. The SMILES string of the molecule is O=C(COc1ccccc1[N+](=O)[O-])N1CCN(C(=O)Nc2ccccc2)CC1. The predicted molar refractivity (Wildman–Crippen MR) is 102 cm³/mol. The van der Waals surface area contributed by atoms with E-state index < -0.39 is 4.92 Å². The maximum Gasteiger partial charge on any atom is 0.321 e. The van der Waals surface area contributed by atoms with Crippen LogP contribution in [-0.4, -0.2) is 59.4 Å². The average molecular weight is 384 g/mol. The molecule has 0 aromatic heterocycles. The summed E-state index contributed by atoms with van der Waals surface area (Å²) in [6.45, 7) is 1.26. The van der Waals surface area contributed by atoms with Gasteiger partial charge in [-0.15, -0.1) is 0 Å². The van der Waals surface area contributed by atoms with Crippen LogP contribution in [0.1, 0.15) is 0 Å². The van der Waals surface area contributed by atoms with Gasteiger partial charge < -0.3 is 19.9 Å². The van der Waals surface area contributed by atoms with E-state index in [0.717, 1.165) is 0 Å². The van der Waals surface area contributed by atoms with Crippen LogP contribution >= 0.6 is 0 Å². The molecule has 2 aromatic carbocycles. The summed E-state index contributed by atoms with van der Waals surface area (Å²) >= 11 is 0. The third-order valence-electron chi connectivity index (χ3n) is 4.36. The van der Waals surface area contributed by atoms with Gasteiger partial charge in [-0.1, -0.05) is 30.3 Å². The third kappa shape index (κ3) is 4.76. The molecule has 1 saturated heterocycles. The summed E-state index contributed by atoms with van der Waals surface area (Å²) in [5.74, 6) is -0.219. The van der Waals surface area contributed by atoms with Crippen molar-refractivity contribution in [3.8, 4) is 5.75 Å². The van der Waals surface area contributed by atoms with E-state index in [0.29, 0.717) is 31.9 Å². The Morgan fingerprint density at radius 3 is 2.25 bits per heavy atom. The lowest BCUT2D eigenvalue weighted by Crippen LogP contribution is -2.52. The number of carbonyl (C=O) groups is 2. The molecule has 1 aliphatic heterocycles. The summed E-state index contributed by atoms with van der Waals surface area (Å²) in [7, 11) is 0. The number of para-hydroxylation sites is 3. The monoisotopic (exact) mass is 384 g/mol. The number of nitrogens with one attached hydrogen (secondary N) is 1. The Hall–Kier alpha value is -3.62. The van der Waals surface area contributed by atoms with Gasteiger partial charge in [0, 0.05) is 37.9 Å². The second kappa shape index (κ2) is 8.85. The van der Waals surface area contributed by atoms with E-state index >= 15 is 0 Å². The fourth-order valence-electron chi connectivity index (χ4n) is 2.84. The fourth-order valence-corrected chi connectivity index (χ4v) is 2.84. The molecule has 1 heterocycles. The molecule has 0 atom stereocenters. The van der Waals surface area contributed by atoms with Gasteiger partial charge in [0.1, 0.15) is 0 Å². The zero-order valence-electron chi connectivity index (χ0n) is 15.1. The van der Waals surface area contributed by atoms with E-state index in [1.54, 1.807) is 28.0 Å². The van der Waals surface area contributed by atoms with Gasteiger partial charge in [-0.3, -0.25) is 14.9 Å². The van der Waals surface area contributed by atoms with Crippen molar-refractivity contribution < 1.29 is 19.2 Å². The molecular weight excluding hydrogens is 364 g/mol. The molecule has 2 aromatic rings. The normalized spacial score (nSPS) is 13.7. The van der Waals surface area contributed by atoms with E-state index in [2.05, 4.69) is 5.32 Å². The van der Waals surface area contributed by atoms with Gasteiger partial charge in [0.25, 0.3) is 5.91 Å². The molecule has 146 valence electrons. The number of nitrogens with zero attached hydrogens (tertiary/aromatic N) is 3. The van der Waals surface area contributed by atoms with Gasteiger partial charge in [0.05, 0.1) is 4.92 Å². The van der Waals surface area contributed by atoms with Crippen molar-refractivity contribution in [1.82, 2.24) is 9.80 Å². The summed E-state index contributed by atoms with van der Waals surface area (Å²) in [6, 6.07) is 14.9. The maximum absolute atomic E-state index is 12.3. The second-order valence-corrected chi connectivity index (χ2v) is 6.18. The van der Waals surface area contributed by atoms with E-state index in [9.17, 15) is 19.7 Å². The van der Waals surface area contributed by atoms with Crippen molar-refractivity contribution in [1.29, 1.82) is 0 Å². The van der Waals surface area contributed by atoms with Crippen LogP contribution in [0.5, 0.6) is 5.75 Å². The first-order valence-corrected chi connectivity index (χ1v) is 8.79. The van der Waals surface area contributed by atoms with Gasteiger partial charge in [0.2, 0.25) is 0 Å². The van der Waals surface area contributed by atoms with Gasteiger partial charge >= 0.3 is 11.7 Å². The average Bonchev–Trinajstić information content (AvgIpc) is 2.73. The van der Waals surface area contributed by atoms with Crippen LogP contribution in [0.2, 0.25) is 0 Å². The molecule has 0 bridgehead atoms. The third-order valence-corrected chi connectivity index (χ3v) is 4.36. The Morgan fingerprint density at radius 1 is 0.964 bits per heavy atom. The number of hydrogen-bond donors (Lipinski definition) is 1. The first kappa shape index (κ1) is 19.2. The van der Waals surface area contributed by atoms with Crippen LogP contribution in [0.3, 0.4) is 0 Å². The lowest BCUT2D eigenvalue weighted by Gasteiger charge is -2.34. The Morgan fingerprint density at radius 2 is 1.57 bits per heavy atom. The molecule has 3 amide bonds. The summed E-state index contributed by atoms with van der Waals surface area (Å²) in [4.78, 5) is 38.3. The van der Waals surface area contributed by atoms with E-state index in [1.807, 2.05) is 18.2 Å². The van der Waals surface area contributed by atoms with Crippen molar-refractivity contribution in [2.75, 3.05) is 38.1 Å². The molecule has 1 fully saturated rings. The van der Waals surface area contributed by atoms with Crippen molar-refractivity contribution in [2.45, 2.75) is 0 Å². The molecule has 0 spiro atoms. The number of piperazine rings is 1. The molecule has 0 saturated carbocycles. The van der Waals surface area contributed by atoms with Crippen LogP contribution in [0.25, 0.3) is 0 Å². The Bertz CT molecular complexity index is 850. The van der Waals surface area contributed by atoms with E-state index in [1.165, 1.54) is 18.2 Å². The summed E-state index contributed by atoms with van der Waals surface area (Å²) in [5, 5.41) is 13.8. The van der Waals surface area contributed by atoms with Crippen molar-refractivity contribution in [3.63, 3.8) is 0 Å². The Balaban J connectivity index is 1.47. The van der Waals surface area contributed by atoms with E-state index in [4.69, 9.17) is 4.74 Å². The minimum atomic E-state index is -0.552. The van der Waals surface area contributed by atoms with Crippen molar-refractivity contribution in [3.05, 3.63) is 64.7 Å². The number of anilines is 1. The Labute approximate surface area is 161 Å². The number of carbonyl (C=O) groups excluding carboxylic acids is 2. The highest BCUT2D eigenvalue weighted by Gasteiger charge is 2.25. The van der Waals surface area contributed by atoms with Gasteiger partial charge in [-0.05, 0) is 18.2 Å². The number of rotatable bonds is 5. The van der Waals surface area contributed by atoms with E-state index in [-0.39, 0.29) is 30.0 Å². The molecule has 0 aliphatic carbocycles. The summed E-state index contributed by atoms with van der Waals surface area (Å²) in [5.41, 5.74) is 0.529. The number of hydrogen-bond acceptors (Lipinski definition) is 5. The smallest absolute Gasteiger partial charge is 0.321 e. The zero-order valence-corrected chi connectivity index (χ0v) is 15.1. The predicted octanol–water partition coefficient (Wildman–Crippen LogP) is 2.35.